The van der Waals surface area contributed by atoms with Crippen LogP contribution in [-0.2, 0) is 0 Å². The van der Waals surface area contributed by atoms with Crippen LogP contribution < -0.4 is 11.1 Å². The van der Waals surface area contributed by atoms with Gasteiger partial charge in [0.05, 0.1) is 12.6 Å². The summed E-state index contributed by atoms with van der Waals surface area (Å²) in [4.78, 5) is 0. The van der Waals surface area contributed by atoms with Crippen molar-refractivity contribution in [2.24, 2.45) is 0 Å². The van der Waals surface area contributed by atoms with Gasteiger partial charge in [-0.05, 0) is 40.7 Å². The second kappa shape index (κ2) is 4.60. The Labute approximate surface area is 86.1 Å². The molecule has 4 heteroatoms. The molecule has 1 aromatic carbocycles. The molecule has 72 valence electrons. The molecule has 0 radical (unpaired) electrons. The number of aliphatic hydroxyl groups is 1. The Morgan fingerprint density at radius 1 is 1.62 bits per heavy atom. The molecule has 0 bridgehead atoms. The zero-order valence-corrected chi connectivity index (χ0v) is 9.01. The van der Waals surface area contributed by atoms with Gasteiger partial charge in [-0.1, -0.05) is 6.07 Å². The number of aliphatic hydroxyl groups excluding tert-OH is 1. The summed E-state index contributed by atoms with van der Waals surface area (Å²) < 4.78 is 0.860. The van der Waals surface area contributed by atoms with Crippen LogP contribution in [0.3, 0.4) is 0 Å². The van der Waals surface area contributed by atoms with E-state index in [1.165, 1.54) is 0 Å². The third-order valence-electron chi connectivity index (χ3n) is 1.96. The number of hydrogen-bond donors (Lipinski definition) is 3. The first-order valence-corrected chi connectivity index (χ1v) is 4.81. The Hall–Kier alpha value is -0.580. The molecule has 0 fully saturated rings. The average molecular weight is 245 g/mol. The van der Waals surface area contributed by atoms with Gasteiger partial charge in [0.15, 0.2) is 0 Å². The number of nitrogen functional groups attached to an aromatic ring is 1. The van der Waals surface area contributed by atoms with Gasteiger partial charge < -0.3 is 16.2 Å². The second-order valence-corrected chi connectivity index (χ2v) is 3.66. The SMILES string of the molecule is CN[C@H](CO)c1ccc(N)c(Br)c1. The molecular weight excluding hydrogens is 232 g/mol. The number of anilines is 1. The summed E-state index contributed by atoms with van der Waals surface area (Å²) in [6, 6.07) is 5.60. The Balaban J connectivity index is 2.95. The van der Waals surface area contributed by atoms with Gasteiger partial charge in [0.25, 0.3) is 0 Å². The first-order chi connectivity index (χ1) is 6.19. The highest BCUT2D eigenvalue weighted by atomic mass is 79.9. The summed E-state index contributed by atoms with van der Waals surface area (Å²) in [5.41, 5.74) is 7.37. The zero-order valence-electron chi connectivity index (χ0n) is 7.42. The molecule has 0 aliphatic rings. The van der Waals surface area contributed by atoms with Crippen LogP contribution in [0.1, 0.15) is 11.6 Å². The molecule has 0 saturated heterocycles. The van der Waals surface area contributed by atoms with E-state index in [1.807, 2.05) is 25.2 Å². The predicted molar refractivity (Wildman–Crippen MR) is 57.4 cm³/mol. The molecule has 0 spiro atoms. The first-order valence-electron chi connectivity index (χ1n) is 4.02. The molecule has 3 nitrogen and oxygen atoms in total. The van der Waals surface area contributed by atoms with Crippen molar-refractivity contribution in [3.63, 3.8) is 0 Å². The highest BCUT2D eigenvalue weighted by Gasteiger charge is 2.08. The number of nitrogens with two attached hydrogens (primary N) is 1. The van der Waals surface area contributed by atoms with Crippen molar-refractivity contribution in [1.29, 1.82) is 0 Å². The number of halogens is 1. The van der Waals surface area contributed by atoms with Crippen LogP contribution in [0.5, 0.6) is 0 Å². The number of benzene rings is 1. The molecule has 0 aliphatic carbocycles. The van der Waals surface area contributed by atoms with E-state index in [0.29, 0.717) is 5.69 Å². The number of likely N-dealkylation sites (N-methyl/N-ethyl adjacent to an activating group) is 1. The molecule has 1 rings (SSSR count). The smallest absolute Gasteiger partial charge is 0.0626 e. The van der Waals surface area contributed by atoms with Gasteiger partial charge in [0, 0.05) is 10.2 Å². The molecule has 0 unspecified atom stereocenters. The third-order valence-corrected chi connectivity index (χ3v) is 2.64. The van der Waals surface area contributed by atoms with Crippen molar-refractivity contribution >= 4 is 21.6 Å². The summed E-state index contributed by atoms with van der Waals surface area (Å²) in [5, 5.41) is 12.0. The van der Waals surface area contributed by atoms with Crippen molar-refractivity contribution in [2.45, 2.75) is 6.04 Å². The lowest BCUT2D eigenvalue weighted by atomic mass is 10.1. The molecule has 0 saturated carbocycles. The summed E-state index contributed by atoms with van der Waals surface area (Å²) in [5.74, 6) is 0. The van der Waals surface area contributed by atoms with Crippen molar-refractivity contribution in [3.8, 4) is 0 Å². The van der Waals surface area contributed by atoms with Gasteiger partial charge >= 0.3 is 0 Å². The van der Waals surface area contributed by atoms with Crippen molar-refractivity contribution < 1.29 is 5.11 Å². The monoisotopic (exact) mass is 244 g/mol. The van der Waals surface area contributed by atoms with Gasteiger partial charge in [-0.15, -0.1) is 0 Å². The van der Waals surface area contributed by atoms with Gasteiger partial charge in [0.2, 0.25) is 0 Å². The highest BCUT2D eigenvalue weighted by Crippen LogP contribution is 2.23. The minimum absolute atomic E-state index is 0.0306. The van der Waals surface area contributed by atoms with Crippen LogP contribution in [0.15, 0.2) is 22.7 Å². The first kappa shape index (κ1) is 10.5. The molecule has 1 atom stereocenters. The molecule has 0 aromatic heterocycles. The molecule has 1 aromatic rings. The van der Waals surface area contributed by atoms with E-state index in [-0.39, 0.29) is 12.6 Å². The van der Waals surface area contributed by atoms with Gasteiger partial charge in [-0.2, -0.15) is 0 Å². The standard InChI is InChI=1S/C9H13BrN2O/c1-12-9(5-13)6-2-3-8(11)7(10)4-6/h2-4,9,12-13H,5,11H2,1H3/t9-/m1/s1. The molecule has 4 N–H and O–H groups in total. The molecule has 0 aliphatic heterocycles. The van der Waals surface area contributed by atoms with E-state index in [4.69, 9.17) is 10.8 Å². The van der Waals surface area contributed by atoms with Crippen LogP contribution in [-0.4, -0.2) is 18.8 Å². The lowest BCUT2D eigenvalue weighted by molar-refractivity contribution is 0.251. The maximum atomic E-state index is 9.03. The van der Waals surface area contributed by atoms with Crippen LogP contribution in [0.25, 0.3) is 0 Å². The van der Waals surface area contributed by atoms with Gasteiger partial charge in [-0.3, -0.25) is 0 Å². The molecule has 0 amide bonds. The van der Waals surface area contributed by atoms with E-state index >= 15 is 0 Å². The zero-order chi connectivity index (χ0) is 9.84. The minimum atomic E-state index is -0.0306. The fraction of sp³-hybridized carbons (Fsp3) is 0.333. The van der Waals surface area contributed by atoms with Crippen molar-refractivity contribution in [3.05, 3.63) is 28.2 Å². The van der Waals surface area contributed by atoms with Crippen LogP contribution in [0, 0.1) is 0 Å². The number of hydrogen-bond acceptors (Lipinski definition) is 3. The van der Waals surface area contributed by atoms with E-state index < -0.39 is 0 Å². The van der Waals surface area contributed by atoms with E-state index in [9.17, 15) is 0 Å². The van der Waals surface area contributed by atoms with Gasteiger partial charge in [-0.25, -0.2) is 0 Å². The Kier molecular flexibility index (Phi) is 3.71. The summed E-state index contributed by atoms with van der Waals surface area (Å²) in [6.07, 6.45) is 0. The van der Waals surface area contributed by atoms with Crippen molar-refractivity contribution in [1.82, 2.24) is 5.32 Å². The number of rotatable bonds is 3. The Morgan fingerprint density at radius 3 is 2.77 bits per heavy atom. The fourth-order valence-corrected chi connectivity index (χ4v) is 1.52. The lowest BCUT2D eigenvalue weighted by Gasteiger charge is -2.14. The molecule has 0 heterocycles. The molecular formula is C9H13BrN2O. The normalized spacial score (nSPS) is 12.8. The van der Waals surface area contributed by atoms with Gasteiger partial charge in [0.1, 0.15) is 0 Å². The third kappa shape index (κ3) is 2.43. The summed E-state index contributed by atoms with van der Waals surface area (Å²) in [6.45, 7) is 0.0762. The largest absolute Gasteiger partial charge is 0.398 e. The molecule has 13 heavy (non-hydrogen) atoms. The fourth-order valence-electron chi connectivity index (χ4n) is 1.12. The maximum absolute atomic E-state index is 9.03. The highest BCUT2D eigenvalue weighted by molar-refractivity contribution is 9.10. The predicted octanol–water partition coefficient (Wildman–Crippen LogP) is 1.28. The van der Waals surface area contributed by atoms with Crippen molar-refractivity contribution in [2.75, 3.05) is 19.4 Å². The topological polar surface area (TPSA) is 58.3 Å². The van der Waals surface area contributed by atoms with Crippen LogP contribution >= 0.6 is 15.9 Å². The Morgan fingerprint density at radius 2 is 2.31 bits per heavy atom. The van der Waals surface area contributed by atoms with E-state index in [1.54, 1.807) is 0 Å². The van der Waals surface area contributed by atoms with E-state index in [2.05, 4.69) is 21.2 Å². The maximum Gasteiger partial charge on any atom is 0.0626 e. The van der Waals surface area contributed by atoms with Crippen LogP contribution in [0.4, 0.5) is 5.69 Å². The van der Waals surface area contributed by atoms with Crippen LogP contribution in [0.2, 0.25) is 0 Å². The van der Waals surface area contributed by atoms with E-state index in [0.717, 1.165) is 10.0 Å². The second-order valence-electron chi connectivity index (χ2n) is 2.80. The quantitative estimate of drug-likeness (QED) is 0.703. The number of nitrogens with one attached hydrogen (secondary N) is 1. The lowest BCUT2D eigenvalue weighted by Crippen LogP contribution is -2.19. The summed E-state index contributed by atoms with van der Waals surface area (Å²) in [7, 11) is 1.81. The minimum Gasteiger partial charge on any atom is -0.398 e. The average Bonchev–Trinajstić information content (AvgIpc) is 2.13. The summed E-state index contributed by atoms with van der Waals surface area (Å²) >= 11 is 3.34. The Bertz CT molecular complexity index is 287.